The number of thiophene rings is 1. The average molecular weight is 331 g/mol. The number of hydrogen-bond donors (Lipinski definition) is 1. The van der Waals surface area contributed by atoms with E-state index in [1.54, 1.807) is 12.1 Å². The Kier molecular flexibility index (Phi) is 4.37. The normalized spacial score (nSPS) is 12.4. The Labute approximate surface area is 117 Å². The van der Waals surface area contributed by atoms with Gasteiger partial charge in [0.1, 0.15) is 0 Å². The van der Waals surface area contributed by atoms with Crippen molar-refractivity contribution in [2.45, 2.75) is 12.5 Å². The lowest BCUT2D eigenvalue weighted by Crippen LogP contribution is -2.00. The molecule has 2 aromatic rings. The molecule has 0 fully saturated rings. The summed E-state index contributed by atoms with van der Waals surface area (Å²) in [5, 5.41) is 10.0. The van der Waals surface area contributed by atoms with Crippen molar-refractivity contribution in [1.29, 1.82) is 0 Å². The van der Waals surface area contributed by atoms with Gasteiger partial charge in [-0.3, -0.25) is 0 Å². The summed E-state index contributed by atoms with van der Waals surface area (Å²) in [5.74, 6) is -0.193. The van der Waals surface area contributed by atoms with Crippen LogP contribution in [0.2, 0.25) is 0 Å². The van der Waals surface area contributed by atoms with Crippen LogP contribution in [0.1, 0.15) is 16.5 Å². The molecule has 18 heavy (non-hydrogen) atoms. The topological polar surface area (TPSA) is 29.5 Å². The first-order chi connectivity index (χ1) is 8.60. The van der Waals surface area contributed by atoms with Crippen LogP contribution in [-0.4, -0.2) is 12.2 Å². The van der Waals surface area contributed by atoms with E-state index >= 15 is 0 Å². The summed E-state index contributed by atoms with van der Waals surface area (Å²) in [7, 11) is 1.43. The standard InChI is InChI=1S/C13H12BrFO2S/c1-17-11-3-2-8(6-9(11)15)7-10(16)12-4-5-13(14)18-12/h2-6,10,16H,7H2,1H3. The first-order valence-electron chi connectivity index (χ1n) is 5.36. The van der Waals surface area contributed by atoms with Crippen LogP contribution in [0.4, 0.5) is 4.39 Å². The number of aliphatic hydroxyl groups excluding tert-OH is 1. The summed E-state index contributed by atoms with van der Waals surface area (Å²) in [6.45, 7) is 0. The van der Waals surface area contributed by atoms with Gasteiger partial charge in [-0.1, -0.05) is 6.07 Å². The molecule has 1 heterocycles. The zero-order valence-electron chi connectivity index (χ0n) is 9.69. The predicted octanol–water partition coefficient (Wildman–Crippen LogP) is 3.93. The maximum absolute atomic E-state index is 13.5. The van der Waals surface area contributed by atoms with Crippen LogP contribution in [-0.2, 0) is 6.42 Å². The van der Waals surface area contributed by atoms with Crippen molar-refractivity contribution >= 4 is 27.3 Å². The van der Waals surface area contributed by atoms with Crippen LogP contribution in [0.15, 0.2) is 34.1 Å². The molecule has 0 saturated heterocycles. The molecule has 1 aromatic carbocycles. The van der Waals surface area contributed by atoms with E-state index in [-0.39, 0.29) is 5.75 Å². The van der Waals surface area contributed by atoms with Crippen LogP contribution >= 0.6 is 27.3 Å². The number of aliphatic hydroxyl groups is 1. The number of methoxy groups -OCH3 is 1. The van der Waals surface area contributed by atoms with Gasteiger partial charge in [-0.15, -0.1) is 11.3 Å². The molecule has 1 N–H and O–H groups in total. The van der Waals surface area contributed by atoms with E-state index in [9.17, 15) is 9.50 Å². The van der Waals surface area contributed by atoms with Crippen LogP contribution in [0.3, 0.4) is 0 Å². The molecule has 0 amide bonds. The fraction of sp³-hybridized carbons (Fsp3) is 0.231. The molecule has 5 heteroatoms. The SMILES string of the molecule is COc1ccc(CC(O)c2ccc(Br)s2)cc1F. The smallest absolute Gasteiger partial charge is 0.165 e. The summed E-state index contributed by atoms with van der Waals surface area (Å²) in [5.41, 5.74) is 0.741. The molecule has 0 aliphatic carbocycles. The third-order valence-corrected chi connectivity index (χ3v) is 4.29. The fourth-order valence-corrected chi connectivity index (χ4v) is 3.08. The zero-order chi connectivity index (χ0) is 13.1. The van der Waals surface area contributed by atoms with E-state index in [1.165, 1.54) is 24.5 Å². The Morgan fingerprint density at radius 3 is 2.72 bits per heavy atom. The summed E-state index contributed by atoms with van der Waals surface area (Å²) in [6, 6.07) is 8.47. The first-order valence-corrected chi connectivity index (χ1v) is 6.97. The maximum atomic E-state index is 13.5. The van der Waals surface area contributed by atoms with Crippen molar-refractivity contribution in [3.05, 3.63) is 50.4 Å². The van der Waals surface area contributed by atoms with Gasteiger partial charge in [-0.2, -0.15) is 0 Å². The van der Waals surface area contributed by atoms with Gasteiger partial charge in [0, 0.05) is 11.3 Å². The second-order valence-electron chi connectivity index (χ2n) is 3.83. The summed E-state index contributed by atoms with van der Waals surface area (Å²) >= 11 is 4.82. The third kappa shape index (κ3) is 3.10. The van der Waals surface area contributed by atoms with Gasteiger partial charge in [0.15, 0.2) is 11.6 Å². The predicted molar refractivity (Wildman–Crippen MR) is 73.6 cm³/mol. The minimum Gasteiger partial charge on any atom is -0.494 e. The molecule has 1 atom stereocenters. The van der Waals surface area contributed by atoms with Crippen LogP contribution in [0, 0.1) is 5.82 Å². The van der Waals surface area contributed by atoms with Crippen molar-refractivity contribution in [1.82, 2.24) is 0 Å². The molecule has 0 bridgehead atoms. The Balaban J connectivity index is 2.12. The van der Waals surface area contributed by atoms with E-state index < -0.39 is 11.9 Å². The number of rotatable bonds is 4. The number of benzene rings is 1. The van der Waals surface area contributed by atoms with E-state index in [2.05, 4.69) is 15.9 Å². The van der Waals surface area contributed by atoms with E-state index in [1.807, 2.05) is 12.1 Å². The fourth-order valence-electron chi connectivity index (χ4n) is 1.67. The Bertz CT molecular complexity index is 542. The molecule has 0 radical (unpaired) electrons. The minimum atomic E-state index is -0.617. The van der Waals surface area contributed by atoms with Crippen molar-refractivity contribution in [3.63, 3.8) is 0 Å². The maximum Gasteiger partial charge on any atom is 0.165 e. The van der Waals surface area contributed by atoms with Crippen molar-refractivity contribution < 1.29 is 14.2 Å². The highest BCUT2D eigenvalue weighted by Gasteiger charge is 2.12. The highest BCUT2D eigenvalue weighted by molar-refractivity contribution is 9.11. The Hall–Kier alpha value is -0.910. The number of halogens is 2. The van der Waals surface area contributed by atoms with E-state index in [0.717, 1.165) is 14.2 Å². The lowest BCUT2D eigenvalue weighted by atomic mass is 10.1. The molecule has 0 aliphatic rings. The van der Waals surface area contributed by atoms with Crippen molar-refractivity contribution in [2.24, 2.45) is 0 Å². The summed E-state index contributed by atoms with van der Waals surface area (Å²) in [4.78, 5) is 0.859. The van der Waals surface area contributed by atoms with Crippen LogP contribution in [0.5, 0.6) is 5.75 Å². The van der Waals surface area contributed by atoms with E-state index in [4.69, 9.17) is 4.74 Å². The summed E-state index contributed by atoms with van der Waals surface area (Å²) < 4.78 is 19.3. The zero-order valence-corrected chi connectivity index (χ0v) is 12.1. The van der Waals surface area contributed by atoms with Crippen LogP contribution < -0.4 is 4.74 Å². The van der Waals surface area contributed by atoms with Crippen molar-refractivity contribution in [3.8, 4) is 5.75 Å². The van der Waals surface area contributed by atoms with Gasteiger partial charge in [0.2, 0.25) is 0 Å². The molecule has 96 valence electrons. The molecule has 0 spiro atoms. The van der Waals surface area contributed by atoms with Gasteiger partial charge in [0.05, 0.1) is 17.0 Å². The Morgan fingerprint density at radius 2 is 2.17 bits per heavy atom. The molecule has 2 rings (SSSR count). The number of ether oxygens (including phenoxy) is 1. The highest BCUT2D eigenvalue weighted by atomic mass is 79.9. The summed E-state index contributed by atoms with van der Waals surface area (Å²) in [6.07, 6.45) is -0.234. The van der Waals surface area contributed by atoms with Gasteiger partial charge in [-0.25, -0.2) is 4.39 Å². The van der Waals surface area contributed by atoms with Gasteiger partial charge >= 0.3 is 0 Å². The minimum absolute atomic E-state index is 0.215. The molecule has 1 aromatic heterocycles. The largest absolute Gasteiger partial charge is 0.494 e. The quantitative estimate of drug-likeness (QED) is 0.920. The third-order valence-electron chi connectivity index (χ3n) is 2.57. The molecule has 1 unspecified atom stereocenters. The molecular formula is C13H12BrFO2S. The average Bonchev–Trinajstić information content (AvgIpc) is 2.76. The lowest BCUT2D eigenvalue weighted by molar-refractivity contribution is 0.182. The van der Waals surface area contributed by atoms with Crippen LogP contribution in [0.25, 0.3) is 0 Å². The molecule has 0 saturated carbocycles. The second-order valence-corrected chi connectivity index (χ2v) is 6.33. The van der Waals surface area contributed by atoms with Gasteiger partial charge in [0.25, 0.3) is 0 Å². The molecule has 2 nitrogen and oxygen atoms in total. The van der Waals surface area contributed by atoms with Crippen molar-refractivity contribution in [2.75, 3.05) is 7.11 Å². The second kappa shape index (κ2) is 5.82. The number of hydrogen-bond acceptors (Lipinski definition) is 3. The monoisotopic (exact) mass is 330 g/mol. The van der Waals surface area contributed by atoms with E-state index in [0.29, 0.717) is 6.42 Å². The molecular weight excluding hydrogens is 319 g/mol. The highest BCUT2D eigenvalue weighted by Crippen LogP contribution is 2.29. The molecule has 0 aliphatic heterocycles. The lowest BCUT2D eigenvalue weighted by Gasteiger charge is -2.09. The van der Waals surface area contributed by atoms with Gasteiger partial charge < -0.3 is 9.84 Å². The van der Waals surface area contributed by atoms with Gasteiger partial charge in [-0.05, 0) is 45.8 Å². The Morgan fingerprint density at radius 1 is 1.39 bits per heavy atom. The first kappa shape index (κ1) is 13.5.